The minimum Gasteiger partial charge on any atom is -0.462 e. The van der Waals surface area contributed by atoms with E-state index in [0.717, 1.165) is 54.9 Å². The first-order valence-electron chi connectivity index (χ1n) is 13.8. The number of ether oxygens (including phenoxy) is 3. The quantitative estimate of drug-likeness (QED) is 0.106. The lowest BCUT2D eigenvalue weighted by molar-refractivity contribution is -0.150. The van der Waals surface area contributed by atoms with Crippen LogP contribution in [-0.4, -0.2) is 29.8 Å². The number of carbonyl (C=O) groups excluding carboxylic acids is 4. The van der Waals surface area contributed by atoms with Crippen molar-refractivity contribution < 1.29 is 33.4 Å². The highest BCUT2D eigenvalue weighted by atomic mass is 16.5. The van der Waals surface area contributed by atoms with Gasteiger partial charge in [0.05, 0.1) is 6.42 Å². The van der Waals surface area contributed by atoms with Crippen molar-refractivity contribution in [2.45, 2.75) is 44.6 Å². The summed E-state index contributed by atoms with van der Waals surface area (Å²) in [4.78, 5) is 48.5. The van der Waals surface area contributed by atoms with Crippen LogP contribution in [0.3, 0.4) is 0 Å². The van der Waals surface area contributed by atoms with Crippen LogP contribution in [0, 0.1) is 0 Å². The fraction of sp³-hybridized carbons (Fsp3) is 0.200. The monoisotopic (exact) mass is 564 g/mol. The number of benzene rings is 3. The van der Waals surface area contributed by atoms with Crippen molar-refractivity contribution in [2.75, 3.05) is 0 Å². The van der Waals surface area contributed by atoms with Gasteiger partial charge >= 0.3 is 17.9 Å². The van der Waals surface area contributed by atoms with E-state index in [9.17, 15) is 19.2 Å². The standard InChI is InChI=1S/C35H32O7/c1-3-33(37)40-30-18-9-25(10-19-30)11-22-32(36)28-14-12-26(13-15-28)27-16-20-31(21-17-27)42-35(39)24(2)23-34(38)41-29-7-5-4-6-8-29/h3,9-22,29H,1-2,4-8,23H2/b22-11+. The number of allylic oxidation sites excluding steroid dienone is 1. The van der Waals surface area contributed by atoms with Crippen molar-refractivity contribution in [3.63, 3.8) is 0 Å². The lowest BCUT2D eigenvalue weighted by Crippen LogP contribution is -2.22. The predicted molar refractivity (Wildman–Crippen MR) is 160 cm³/mol. The number of rotatable bonds is 11. The van der Waals surface area contributed by atoms with Gasteiger partial charge in [-0.05, 0) is 72.7 Å². The Morgan fingerprint density at radius 3 is 1.95 bits per heavy atom. The van der Waals surface area contributed by atoms with E-state index in [-0.39, 0.29) is 23.9 Å². The zero-order chi connectivity index (χ0) is 29.9. The van der Waals surface area contributed by atoms with Crippen LogP contribution in [-0.2, 0) is 19.1 Å². The van der Waals surface area contributed by atoms with Gasteiger partial charge in [0.2, 0.25) is 0 Å². The van der Waals surface area contributed by atoms with Crippen LogP contribution < -0.4 is 9.47 Å². The van der Waals surface area contributed by atoms with Crippen LogP contribution in [0.5, 0.6) is 11.5 Å². The highest BCUT2D eigenvalue weighted by Crippen LogP contribution is 2.25. The Kier molecular flexibility index (Phi) is 10.4. The molecule has 7 heteroatoms. The number of carbonyl (C=O) groups is 4. The second kappa shape index (κ2) is 14.6. The van der Waals surface area contributed by atoms with Crippen LogP contribution in [0.15, 0.2) is 104 Å². The molecule has 7 nitrogen and oxygen atoms in total. The molecule has 0 unspecified atom stereocenters. The topological polar surface area (TPSA) is 96.0 Å². The largest absolute Gasteiger partial charge is 0.462 e. The molecule has 3 aromatic rings. The lowest BCUT2D eigenvalue weighted by Gasteiger charge is -2.21. The smallest absolute Gasteiger partial charge is 0.339 e. The van der Waals surface area contributed by atoms with Crippen molar-refractivity contribution in [1.82, 2.24) is 0 Å². The molecule has 0 N–H and O–H groups in total. The molecule has 0 spiro atoms. The minimum atomic E-state index is -0.675. The van der Waals surface area contributed by atoms with Gasteiger partial charge in [0.25, 0.3) is 0 Å². The maximum atomic E-state index is 12.6. The van der Waals surface area contributed by atoms with E-state index < -0.39 is 17.9 Å². The highest BCUT2D eigenvalue weighted by molar-refractivity contribution is 6.07. The molecule has 3 aromatic carbocycles. The molecule has 214 valence electrons. The molecule has 1 aliphatic carbocycles. The molecule has 0 amide bonds. The van der Waals surface area contributed by atoms with Crippen molar-refractivity contribution in [3.05, 3.63) is 115 Å². The van der Waals surface area contributed by atoms with Gasteiger partial charge in [0.1, 0.15) is 17.6 Å². The van der Waals surface area contributed by atoms with E-state index in [1.165, 1.54) is 6.08 Å². The molecule has 0 bridgehead atoms. The predicted octanol–water partition coefficient (Wildman–Crippen LogP) is 7.07. The first-order chi connectivity index (χ1) is 20.3. The second-order valence-electron chi connectivity index (χ2n) is 9.91. The fourth-order valence-corrected chi connectivity index (χ4v) is 4.45. The van der Waals surface area contributed by atoms with Gasteiger partial charge in [-0.1, -0.05) is 74.2 Å². The van der Waals surface area contributed by atoms with E-state index in [1.54, 1.807) is 66.7 Å². The van der Waals surface area contributed by atoms with E-state index in [1.807, 2.05) is 12.1 Å². The van der Waals surface area contributed by atoms with Gasteiger partial charge in [0, 0.05) is 17.2 Å². The molecule has 1 fully saturated rings. The molecular formula is C35H32O7. The second-order valence-corrected chi connectivity index (χ2v) is 9.91. The molecule has 0 saturated heterocycles. The molecular weight excluding hydrogens is 532 g/mol. The molecule has 1 saturated carbocycles. The third kappa shape index (κ3) is 8.73. The lowest BCUT2D eigenvalue weighted by atomic mass is 9.98. The van der Waals surface area contributed by atoms with Crippen LogP contribution >= 0.6 is 0 Å². The maximum absolute atomic E-state index is 12.6. The summed E-state index contributed by atoms with van der Waals surface area (Å²) in [6, 6.07) is 20.8. The van der Waals surface area contributed by atoms with Gasteiger partial charge in [-0.3, -0.25) is 9.59 Å². The van der Waals surface area contributed by atoms with Crippen LogP contribution in [0.2, 0.25) is 0 Å². The maximum Gasteiger partial charge on any atom is 0.339 e. The first-order valence-corrected chi connectivity index (χ1v) is 13.8. The summed E-state index contributed by atoms with van der Waals surface area (Å²) in [5.74, 6) is -1.11. The number of esters is 3. The molecule has 0 aromatic heterocycles. The average molecular weight is 565 g/mol. The summed E-state index contributed by atoms with van der Waals surface area (Å²) >= 11 is 0. The Labute approximate surface area is 245 Å². The van der Waals surface area contributed by atoms with Crippen molar-refractivity contribution in [3.8, 4) is 22.6 Å². The van der Waals surface area contributed by atoms with Gasteiger partial charge in [-0.25, -0.2) is 9.59 Å². The average Bonchev–Trinajstić information content (AvgIpc) is 3.01. The summed E-state index contributed by atoms with van der Waals surface area (Å²) in [6.45, 7) is 7.05. The van der Waals surface area contributed by atoms with Crippen LogP contribution in [0.25, 0.3) is 17.2 Å². The van der Waals surface area contributed by atoms with Gasteiger partial charge in [-0.15, -0.1) is 0 Å². The molecule has 42 heavy (non-hydrogen) atoms. The SMILES string of the molecule is C=CC(=O)Oc1ccc(/C=C/C(=O)c2ccc(-c3ccc(OC(=O)C(=C)CC(=O)OC4CCCCC4)cc3)cc2)cc1. The Morgan fingerprint density at radius 2 is 1.33 bits per heavy atom. The van der Waals surface area contributed by atoms with E-state index >= 15 is 0 Å². The minimum absolute atomic E-state index is 0.0419. The molecule has 4 rings (SSSR count). The third-order valence-electron chi connectivity index (χ3n) is 6.76. The molecule has 1 aliphatic rings. The van der Waals surface area contributed by atoms with Gasteiger partial charge in [0.15, 0.2) is 5.78 Å². The van der Waals surface area contributed by atoms with Crippen molar-refractivity contribution >= 4 is 29.8 Å². The zero-order valence-electron chi connectivity index (χ0n) is 23.3. The summed E-state index contributed by atoms with van der Waals surface area (Å²) in [5, 5.41) is 0. The Balaban J connectivity index is 1.27. The van der Waals surface area contributed by atoms with E-state index in [0.29, 0.717) is 17.1 Å². The summed E-state index contributed by atoms with van der Waals surface area (Å²) in [5.41, 5.74) is 3.10. The number of ketones is 1. The number of hydrogen-bond acceptors (Lipinski definition) is 7. The van der Waals surface area contributed by atoms with Gasteiger partial charge < -0.3 is 14.2 Å². The summed E-state index contributed by atoms with van der Waals surface area (Å²) in [6.07, 6.45) is 8.95. The Hall–Kier alpha value is -5.04. The zero-order valence-corrected chi connectivity index (χ0v) is 23.3. The van der Waals surface area contributed by atoms with Gasteiger partial charge in [-0.2, -0.15) is 0 Å². The number of hydrogen-bond donors (Lipinski definition) is 0. The third-order valence-corrected chi connectivity index (χ3v) is 6.76. The molecule has 0 heterocycles. The van der Waals surface area contributed by atoms with Crippen LogP contribution in [0.1, 0.15) is 54.4 Å². The molecule has 0 radical (unpaired) electrons. The Bertz CT molecular complexity index is 1470. The van der Waals surface area contributed by atoms with Crippen molar-refractivity contribution in [1.29, 1.82) is 0 Å². The fourth-order valence-electron chi connectivity index (χ4n) is 4.45. The highest BCUT2D eigenvalue weighted by Gasteiger charge is 2.20. The van der Waals surface area contributed by atoms with Crippen LogP contribution in [0.4, 0.5) is 0 Å². The normalized spacial score (nSPS) is 13.2. The van der Waals surface area contributed by atoms with Crippen molar-refractivity contribution in [2.24, 2.45) is 0 Å². The Morgan fingerprint density at radius 1 is 0.762 bits per heavy atom. The first kappa shape index (κ1) is 29.9. The molecule has 0 aliphatic heterocycles. The summed E-state index contributed by atoms with van der Waals surface area (Å²) < 4.78 is 15.9. The molecule has 0 atom stereocenters. The van der Waals surface area contributed by atoms with E-state index in [2.05, 4.69) is 13.2 Å². The summed E-state index contributed by atoms with van der Waals surface area (Å²) in [7, 11) is 0. The van der Waals surface area contributed by atoms with E-state index in [4.69, 9.17) is 14.2 Å².